The third-order valence-corrected chi connectivity index (χ3v) is 5.59. The van der Waals surface area contributed by atoms with Gasteiger partial charge in [-0.2, -0.15) is 5.10 Å². The van der Waals surface area contributed by atoms with Crippen molar-refractivity contribution in [1.82, 2.24) is 14.6 Å². The van der Waals surface area contributed by atoms with Crippen LogP contribution in [0, 0.1) is 11.7 Å². The molecular weight excluding hydrogens is 382 g/mol. The monoisotopic (exact) mass is 408 g/mol. The van der Waals surface area contributed by atoms with Crippen LogP contribution in [0.4, 0.5) is 4.39 Å². The molecule has 1 fully saturated rings. The normalized spacial score (nSPS) is 20.7. The second-order valence-electron chi connectivity index (χ2n) is 6.80. The number of halogens is 1. The predicted octanol–water partition coefficient (Wildman–Crippen LogP) is 3.80. The lowest BCUT2D eigenvalue weighted by molar-refractivity contribution is 0.158. The van der Waals surface area contributed by atoms with Gasteiger partial charge in [0.25, 0.3) is 0 Å². The van der Waals surface area contributed by atoms with Gasteiger partial charge in [0.05, 0.1) is 24.2 Å². The minimum Gasteiger partial charge on any atom is -0.328 e. The van der Waals surface area contributed by atoms with E-state index < -0.39 is 8.60 Å². The molecule has 0 saturated heterocycles. The van der Waals surface area contributed by atoms with Crippen molar-refractivity contribution in [2.45, 2.75) is 38.6 Å². The molecule has 0 aliphatic heterocycles. The van der Waals surface area contributed by atoms with Crippen LogP contribution >= 0.6 is 8.60 Å². The topological polar surface area (TPSA) is 94.9 Å². The molecule has 3 aromatic rings. The summed E-state index contributed by atoms with van der Waals surface area (Å²) in [5.41, 5.74) is 7.38. The van der Waals surface area contributed by atoms with Gasteiger partial charge in [0, 0.05) is 23.7 Å². The maximum atomic E-state index is 12.9. The van der Waals surface area contributed by atoms with E-state index >= 15 is 0 Å². The van der Waals surface area contributed by atoms with Crippen LogP contribution in [0.5, 0.6) is 0 Å². The van der Waals surface area contributed by atoms with Crippen LogP contribution in [0.1, 0.15) is 32.6 Å². The average Bonchev–Trinajstić information content (AvgIpc) is 3.06. The molecule has 4 rings (SSSR count). The van der Waals surface area contributed by atoms with Gasteiger partial charge >= 0.3 is 8.60 Å². The van der Waals surface area contributed by atoms with E-state index in [9.17, 15) is 9.28 Å². The summed E-state index contributed by atoms with van der Waals surface area (Å²) in [4.78, 5) is 13.2. The first-order chi connectivity index (χ1) is 13.6. The minimum atomic E-state index is -1.65. The summed E-state index contributed by atoms with van der Waals surface area (Å²) in [5, 5.41) is 5.13. The van der Waals surface area contributed by atoms with Gasteiger partial charge in [-0.25, -0.2) is 13.9 Å². The molecule has 0 bridgehead atoms. The van der Waals surface area contributed by atoms with Crippen LogP contribution in [0.25, 0.3) is 16.4 Å². The fraction of sp³-hybridized carbons (Fsp3) is 0.474. The van der Waals surface area contributed by atoms with E-state index in [1.807, 2.05) is 13.0 Å². The zero-order valence-corrected chi connectivity index (χ0v) is 16.8. The highest BCUT2D eigenvalue weighted by Crippen LogP contribution is 2.35. The summed E-state index contributed by atoms with van der Waals surface area (Å²) in [6.45, 7) is 2.95. The standard InChI is InChI=1S/C10H6FN3.C9H20NO3P/c11-7-1-2-8-9(5-7)13-14-6-12-4-3-10(8)14;1-2-12-14(11)13-7-8-3-5-9(10)6-4-8/h1-6H;8-9,11H,2-7,10H2,1H3. The Morgan fingerprint density at radius 1 is 1.25 bits per heavy atom. The number of nitrogens with two attached hydrogens (primary N) is 1. The Morgan fingerprint density at radius 3 is 2.79 bits per heavy atom. The quantitative estimate of drug-likeness (QED) is 0.624. The Kier molecular flexibility index (Phi) is 7.65. The third-order valence-electron chi connectivity index (χ3n) is 4.74. The number of benzene rings is 1. The summed E-state index contributed by atoms with van der Waals surface area (Å²) in [6.07, 6.45) is 7.66. The van der Waals surface area contributed by atoms with Crippen LogP contribution < -0.4 is 5.73 Å². The molecule has 152 valence electrons. The van der Waals surface area contributed by atoms with Crippen LogP contribution in [-0.4, -0.2) is 38.7 Å². The van der Waals surface area contributed by atoms with Gasteiger partial charge in [0.2, 0.25) is 0 Å². The predicted molar refractivity (Wildman–Crippen MR) is 107 cm³/mol. The van der Waals surface area contributed by atoms with Gasteiger partial charge in [-0.05, 0) is 56.7 Å². The molecule has 0 radical (unpaired) electrons. The largest absolute Gasteiger partial charge is 0.329 e. The number of nitrogens with zero attached hydrogens (tertiary/aromatic N) is 3. The highest BCUT2D eigenvalue weighted by atomic mass is 31.2. The van der Waals surface area contributed by atoms with Crippen LogP contribution in [0.3, 0.4) is 0 Å². The lowest BCUT2D eigenvalue weighted by atomic mass is 9.87. The molecule has 1 atom stereocenters. The van der Waals surface area contributed by atoms with Crippen molar-refractivity contribution in [1.29, 1.82) is 0 Å². The molecule has 3 N–H and O–H groups in total. The summed E-state index contributed by atoms with van der Waals surface area (Å²) in [5.74, 6) is 0.279. The number of aromatic nitrogens is 3. The summed E-state index contributed by atoms with van der Waals surface area (Å²) >= 11 is 0. The summed E-state index contributed by atoms with van der Waals surface area (Å²) < 4.78 is 24.7. The first-order valence-electron chi connectivity index (χ1n) is 9.45. The zero-order chi connectivity index (χ0) is 19.9. The molecule has 1 unspecified atom stereocenters. The van der Waals surface area contributed by atoms with Crippen molar-refractivity contribution in [3.63, 3.8) is 0 Å². The van der Waals surface area contributed by atoms with E-state index in [1.165, 1.54) is 12.1 Å². The van der Waals surface area contributed by atoms with Crippen LogP contribution in [0.15, 0.2) is 36.8 Å². The molecule has 0 amide bonds. The lowest BCUT2D eigenvalue weighted by Gasteiger charge is -2.26. The molecule has 2 heterocycles. The lowest BCUT2D eigenvalue weighted by Crippen LogP contribution is -2.27. The second kappa shape index (κ2) is 10.2. The Hall–Kier alpha value is -1.70. The van der Waals surface area contributed by atoms with Crippen LogP contribution in [0.2, 0.25) is 0 Å². The molecule has 1 aliphatic rings. The first-order valence-corrected chi connectivity index (χ1v) is 10.6. The Bertz CT molecular complexity index is 886. The molecule has 1 aromatic carbocycles. The van der Waals surface area contributed by atoms with Gasteiger partial charge in [0.1, 0.15) is 12.1 Å². The van der Waals surface area contributed by atoms with E-state index in [-0.39, 0.29) is 5.82 Å². The SMILES string of the molecule is CCOP(O)OCC1CCC(N)CC1.Fc1ccc2c(c1)nn1cnccc21. The molecular formula is C19H26FN4O3P. The van der Waals surface area contributed by atoms with Crippen LogP contribution in [-0.2, 0) is 9.05 Å². The van der Waals surface area contributed by atoms with Gasteiger partial charge in [0.15, 0.2) is 0 Å². The molecule has 9 heteroatoms. The van der Waals surface area contributed by atoms with E-state index in [1.54, 1.807) is 23.1 Å². The highest BCUT2D eigenvalue weighted by Gasteiger charge is 2.20. The number of hydrogen-bond acceptors (Lipinski definition) is 6. The van der Waals surface area contributed by atoms with E-state index in [4.69, 9.17) is 14.8 Å². The van der Waals surface area contributed by atoms with Crippen molar-refractivity contribution in [2.24, 2.45) is 11.7 Å². The maximum Gasteiger partial charge on any atom is 0.329 e. The maximum absolute atomic E-state index is 12.9. The Morgan fingerprint density at radius 2 is 2.04 bits per heavy atom. The van der Waals surface area contributed by atoms with Gasteiger partial charge in [-0.1, -0.05) is 0 Å². The van der Waals surface area contributed by atoms with E-state index in [0.717, 1.165) is 36.6 Å². The first kappa shape index (κ1) is 21.0. The van der Waals surface area contributed by atoms with Gasteiger partial charge < -0.3 is 19.7 Å². The minimum absolute atomic E-state index is 0.270. The second-order valence-corrected chi connectivity index (χ2v) is 7.80. The van der Waals surface area contributed by atoms with Gasteiger partial charge in [-0.15, -0.1) is 0 Å². The molecule has 28 heavy (non-hydrogen) atoms. The molecule has 0 spiro atoms. The van der Waals surface area contributed by atoms with Crippen molar-refractivity contribution in [3.8, 4) is 0 Å². The number of rotatable bonds is 5. The number of fused-ring (bicyclic) bond motifs is 3. The molecule has 1 saturated carbocycles. The summed E-state index contributed by atoms with van der Waals surface area (Å²) in [7, 11) is -1.65. The molecule has 2 aromatic heterocycles. The van der Waals surface area contributed by atoms with Gasteiger partial charge in [-0.3, -0.25) is 0 Å². The van der Waals surface area contributed by atoms with E-state index in [2.05, 4.69) is 10.1 Å². The van der Waals surface area contributed by atoms with Crippen molar-refractivity contribution in [2.75, 3.05) is 13.2 Å². The zero-order valence-electron chi connectivity index (χ0n) is 15.9. The van der Waals surface area contributed by atoms with Crippen molar-refractivity contribution < 1.29 is 18.3 Å². The Balaban J connectivity index is 0.000000161. The third kappa shape index (κ3) is 5.65. The van der Waals surface area contributed by atoms with E-state index in [0.29, 0.717) is 30.7 Å². The average molecular weight is 408 g/mol. The summed E-state index contributed by atoms with van der Waals surface area (Å²) in [6, 6.07) is 6.81. The molecule has 7 nitrogen and oxygen atoms in total. The fourth-order valence-corrected chi connectivity index (χ4v) is 3.87. The highest BCUT2D eigenvalue weighted by molar-refractivity contribution is 7.40. The van der Waals surface area contributed by atoms with Crippen molar-refractivity contribution >= 4 is 25.0 Å². The number of hydrogen-bond donors (Lipinski definition) is 2. The van der Waals surface area contributed by atoms with Crippen molar-refractivity contribution in [3.05, 3.63) is 42.6 Å². The molecule has 1 aliphatic carbocycles. The Labute approximate surface area is 164 Å². The fourth-order valence-electron chi connectivity index (χ4n) is 3.24. The smallest absolute Gasteiger partial charge is 0.328 e.